The summed E-state index contributed by atoms with van der Waals surface area (Å²) in [5, 5.41) is 9.04. The lowest BCUT2D eigenvalue weighted by Crippen LogP contribution is -2.14. The summed E-state index contributed by atoms with van der Waals surface area (Å²) in [6, 6.07) is 15.5. The van der Waals surface area contributed by atoms with Gasteiger partial charge >= 0.3 is 0 Å². The predicted molar refractivity (Wildman–Crippen MR) is 75.1 cm³/mol. The normalized spacial score (nSPS) is 12.7. The molecular formula is C15H15N3O. The molecule has 0 amide bonds. The van der Waals surface area contributed by atoms with Crippen LogP contribution in [0.1, 0.15) is 11.6 Å². The Labute approximate surface area is 111 Å². The SMILES string of the molecule is N[C@H](CO)c1ccc(-n2cnc3ccccc32)cc1. The molecule has 0 aliphatic rings. The highest BCUT2D eigenvalue weighted by Gasteiger charge is 2.06. The molecule has 0 fully saturated rings. The molecular weight excluding hydrogens is 238 g/mol. The van der Waals surface area contributed by atoms with Gasteiger partial charge in [-0.25, -0.2) is 4.98 Å². The number of nitrogens with two attached hydrogens (primary N) is 1. The highest BCUT2D eigenvalue weighted by atomic mass is 16.3. The maximum atomic E-state index is 9.04. The van der Waals surface area contributed by atoms with E-state index in [2.05, 4.69) is 4.98 Å². The molecule has 0 bridgehead atoms. The van der Waals surface area contributed by atoms with Gasteiger partial charge in [0.25, 0.3) is 0 Å². The Kier molecular flexibility index (Phi) is 3.03. The fourth-order valence-corrected chi connectivity index (χ4v) is 2.15. The Balaban J connectivity index is 2.02. The first-order valence-corrected chi connectivity index (χ1v) is 6.18. The number of aliphatic hydroxyl groups excluding tert-OH is 1. The van der Waals surface area contributed by atoms with Crippen LogP contribution in [-0.2, 0) is 0 Å². The highest BCUT2D eigenvalue weighted by Crippen LogP contribution is 2.19. The van der Waals surface area contributed by atoms with E-state index in [4.69, 9.17) is 10.8 Å². The van der Waals surface area contributed by atoms with E-state index in [0.717, 1.165) is 22.3 Å². The van der Waals surface area contributed by atoms with Crippen molar-refractivity contribution in [2.24, 2.45) is 5.73 Å². The van der Waals surface area contributed by atoms with Crippen molar-refractivity contribution in [3.63, 3.8) is 0 Å². The molecule has 0 spiro atoms. The third kappa shape index (κ3) is 2.12. The number of imidazole rings is 1. The van der Waals surface area contributed by atoms with Crippen molar-refractivity contribution in [2.75, 3.05) is 6.61 Å². The van der Waals surface area contributed by atoms with Gasteiger partial charge in [0.1, 0.15) is 6.33 Å². The van der Waals surface area contributed by atoms with Crippen molar-refractivity contribution >= 4 is 11.0 Å². The number of hydrogen-bond acceptors (Lipinski definition) is 3. The molecule has 96 valence electrons. The molecule has 0 aliphatic heterocycles. The Morgan fingerprint density at radius 2 is 1.84 bits per heavy atom. The summed E-state index contributed by atoms with van der Waals surface area (Å²) in [5.41, 5.74) is 9.78. The largest absolute Gasteiger partial charge is 0.394 e. The second-order valence-corrected chi connectivity index (χ2v) is 4.48. The number of aliphatic hydroxyl groups is 1. The van der Waals surface area contributed by atoms with Gasteiger partial charge in [-0.2, -0.15) is 0 Å². The van der Waals surface area contributed by atoms with Crippen LogP contribution in [0.4, 0.5) is 0 Å². The zero-order valence-electron chi connectivity index (χ0n) is 10.4. The van der Waals surface area contributed by atoms with Crippen LogP contribution < -0.4 is 5.73 Å². The Bertz CT molecular complexity index is 688. The minimum absolute atomic E-state index is 0.0483. The van der Waals surface area contributed by atoms with Crippen molar-refractivity contribution in [1.29, 1.82) is 0 Å². The van der Waals surface area contributed by atoms with Crippen LogP contribution in [0.25, 0.3) is 16.7 Å². The Morgan fingerprint density at radius 3 is 2.58 bits per heavy atom. The summed E-state index contributed by atoms with van der Waals surface area (Å²) in [6.45, 7) is -0.0483. The van der Waals surface area contributed by atoms with Crippen molar-refractivity contribution in [3.05, 3.63) is 60.4 Å². The molecule has 1 aromatic heterocycles. The number of fused-ring (bicyclic) bond motifs is 1. The molecule has 0 radical (unpaired) electrons. The van der Waals surface area contributed by atoms with Crippen molar-refractivity contribution < 1.29 is 5.11 Å². The third-order valence-corrected chi connectivity index (χ3v) is 3.25. The number of aromatic nitrogens is 2. The number of hydrogen-bond donors (Lipinski definition) is 2. The van der Waals surface area contributed by atoms with Crippen LogP contribution in [0.3, 0.4) is 0 Å². The Hall–Kier alpha value is -2.17. The summed E-state index contributed by atoms with van der Waals surface area (Å²) in [4.78, 5) is 4.37. The van der Waals surface area contributed by atoms with E-state index in [1.165, 1.54) is 0 Å². The lowest BCUT2D eigenvalue weighted by Gasteiger charge is -2.10. The second kappa shape index (κ2) is 4.84. The summed E-state index contributed by atoms with van der Waals surface area (Å²) in [5.74, 6) is 0. The van der Waals surface area contributed by atoms with Crippen LogP contribution in [0, 0.1) is 0 Å². The van der Waals surface area contributed by atoms with E-state index >= 15 is 0 Å². The first-order chi connectivity index (χ1) is 9.29. The zero-order chi connectivity index (χ0) is 13.2. The van der Waals surface area contributed by atoms with Crippen molar-refractivity contribution in [3.8, 4) is 5.69 Å². The number of nitrogens with zero attached hydrogens (tertiary/aromatic N) is 2. The van der Waals surface area contributed by atoms with Gasteiger partial charge in [0.15, 0.2) is 0 Å². The van der Waals surface area contributed by atoms with Crippen LogP contribution >= 0.6 is 0 Å². The molecule has 2 aromatic carbocycles. The molecule has 3 N–H and O–H groups in total. The zero-order valence-corrected chi connectivity index (χ0v) is 10.4. The summed E-state index contributed by atoms with van der Waals surface area (Å²) < 4.78 is 2.03. The highest BCUT2D eigenvalue weighted by molar-refractivity contribution is 5.77. The van der Waals surface area contributed by atoms with E-state index in [-0.39, 0.29) is 12.6 Å². The van der Waals surface area contributed by atoms with Gasteiger partial charge in [0.05, 0.1) is 23.7 Å². The molecule has 0 aliphatic carbocycles. The van der Waals surface area contributed by atoms with Gasteiger partial charge in [-0.1, -0.05) is 24.3 Å². The van der Waals surface area contributed by atoms with Gasteiger partial charge in [0, 0.05) is 5.69 Å². The summed E-state index contributed by atoms with van der Waals surface area (Å²) in [6.07, 6.45) is 1.81. The molecule has 0 saturated carbocycles. The molecule has 3 aromatic rings. The average Bonchev–Trinajstić information content (AvgIpc) is 2.90. The minimum Gasteiger partial charge on any atom is -0.394 e. The van der Waals surface area contributed by atoms with Crippen LogP contribution in [-0.4, -0.2) is 21.3 Å². The first kappa shape index (κ1) is 11.9. The van der Waals surface area contributed by atoms with Crippen molar-refractivity contribution in [1.82, 2.24) is 9.55 Å². The van der Waals surface area contributed by atoms with Crippen molar-refractivity contribution in [2.45, 2.75) is 6.04 Å². The summed E-state index contributed by atoms with van der Waals surface area (Å²) in [7, 11) is 0. The minimum atomic E-state index is -0.325. The average molecular weight is 253 g/mol. The monoisotopic (exact) mass is 253 g/mol. The molecule has 1 heterocycles. The van der Waals surface area contributed by atoms with Crippen LogP contribution in [0.2, 0.25) is 0 Å². The molecule has 4 heteroatoms. The Morgan fingerprint density at radius 1 is 1.11 bits per heavy atom. The van der Waals surface area contributed by atoms with Gasteiger partial charge in [-0.05, 0) is 29.8 Å². The second-order valence-electron chi connectivity index (χ2n) is 4.48. The molecule has 1 atom stereocenters. The van der Waals surface area contributed by atoms with Gasteiger partial charge in [-0.3, -0.25) is 4.57 Å². The standard InChI is InChI=1S/C15H15N3O/c16-13(9-19)11-5-7-12(8-6-11)18-10-17-14-3-1-2-4-15(14)18/h1-8,10,13,19H,9,16H2/t13-/m1/s1. The molecule has 0 saturated heterocycles. The predicted octanol–water partition coefficient (Wildman–Crippen LogP) is 2.02. The molecule has 3 rings (SSSR count). The fourth-order valence-electron chi connectivity index (χ4n) is 2.15. The van der Waals surface area contributed by atoms with Gasteiger partial charge in [0.2, 0.25) is 0 Å². The van der Waals surface area contributed by atoms with Crippen LogP contribution in [0.5, 0.6) is 0 Å². The molecule has 19 heavy (non-hydrogen) atoms. The van der Waals surface area contributed by atoms with Gasteiger partial charge < -0.3 is 10.8 Å². The molecule has 4 nitrogen and oxygen atoms in total. The number of para-hydroxylation sites is 2. The topological polar surface area (TPSA) is 64.1 Å². The number of benzene rings is 2. The summed E-state index contributed by atoms with van der Waals surface area (Å²) >= 11 is 0. The van der Waals surface area contributed by atoms with E-state index in [1.807, 2.05) is 59.4 Å². The fraction of sp³-hybridized carbons (Fsp3) is 0.133. The maximum Gasteiger partial charge on any atom is 0.100 e. The molecule has 0 unspecified atom stereocenters. The number of rotatable bonds is 3. The van der Waals surface area contributed by atoms with Gasteiger partial charge in [-0.15, -0.1) is 0 Å². The smallest absolute Gasteiger partial charge is 0.100 e. The van der Waals surface area contributed by atoms with E-state index < -0.39 is 0 Å². The van der Waals surface area contributed by atoms with E-state index in [9.17, 15) is 0 Å². The lowest BCUT2D eigenvalue weighted by atomic mass is 10.1. The van der Waals surface area contributed by atoms with E-state index in [0.29, 0.717) is 0 Å². The van der Waals surface area contributed by atoms with Crippen LogP contribution in [0.15, 0.2) is 54.9 Å². The first-order valence-electron chi connectivity index (χ1n) is 6.18. The third-order valence-electron chi connectivity index (χ3n) is 3.25. The lowest BCUT2D eigenvalue weighted by molar-refractivity contribution is 0.268. The van der Waals surface area contributed by atoms with E-state index in [1.54, 1.807) is 0 Å². The maximum absolute atomic E-state index is 9.04. The quantitative estimate of drug-likeness (QED) is 0.750.